The van der Waals surface area contributed by atoms with E-state index in [9.17, 15) is 9.59 Å². The summed E-state index contributed by atoms with van der Waals surface area (Å²) < 4.78 is 0. The first-order valence-electron chi connectivity index (χ1n) is 4.88. The van der Waals surface area contributed by atoms with E-state index in [-0.39, 0.29) is 12.3 Å². The molecule has 0 saturated heterocycles. The summed E-state index contributed by atoms with van der Waals surface area (Å²) in [6.45, 7) is 2.06. The Labute approximate surface area is 92.7 Å². The summed E-state index contributed by atoms with van der Waals surface area (Å²) in [4.78, 5) is 29.5. The normalized spacial score (nSPS) is 9.81. The lowest BCUT2D eigenvalue weighted by Crippen LogP contribution is -2.25. The van der Waals surface area contributed by atoms with Gasteiger partial charge in [0.05, 0.1) is 5.56 Å². The van der Waals surface area contributed by atoms with Crippen LogP contribution in [0.25, 0.3) is 0 Å². The maximum absolute atomic E-state index is 11.5. The van der Waals surface area contributed by atoms with E-state index in [0.717, 1.165) is 0 Å². The van der Waals surface area contributed by atoms with Crippen molar-refractivity contribution in [3.63, 3.8) is 0 Å². The largest absolute Gasteiger partial charge is 0.481 e. The van der Waals surface area contributed by atoms with Crippen LogP contribution >= 0.6 is 0 Å². The molecule has 0 aliphatic heterocycles. The van der Waals surface area contributed by atoms with Gasteiger partial charge in [-0.25, -0.2) is 9.97 Å². The van der Waals surface area contributed by atoms with E-state index in [4.69, 9.17) is 5.11 Å². The van der Waals surface area contributed by atoms with Gasteiger partial charge in [0.25, 0.3) is 5.91 Å². The summed E-state index contributed by atoms with van der Waals surface area (Å²) in [6, 6.07) is 0. The molecule has 2 N–H and O–H groups in total. The molecule has 16 heavy (non-hydrogen) atoms. The van der Waals surface area contributed by atoms with Crippen molar-refractivity contribution in [1.82, 2.24) is 15.3 Å². The molecule has 0 aromatic carbocycles. The van der Waals surface area contributed by atoms with Gasteiger partial charge in [-0.1, -0.05) is 0 Å². The second kappa shape index (κ2) is 5.79. The quantitative estimate of drug-likeness (QED) is 0.704. The number of nitrogens with zero attached hydrogens (tertiary/aromatic N) is 2. The predicted molar refractivity (Wildman–Crippen MR) is 56.0 cm³/mol. The van der Waals surface area contributed by atoms with Crippen LogP contribution in [0.5, 0.6) is 0 Å². The highest BCUT2D eigenvalue weighted by Gasteiger charge is 2.05. The number of hydrogen-bond donors (Lipinski definition) is 2. The van der Waals surface area contributed by atoms with Gasteiger partial charge in [-0.2, -0.15) is 0 Å². The van der Waals surface area contributed by atoms with Gasteiger partial charge in [-0.05, 0) is 13.3 Å². The molecule has 0 atom stereocenters. The summed E-state index contributed by atoms with van der Waals surface area (Å²) in [5.74, 6) is -0.555. The number of amides is 1. The van der Waals surface area contributed by atoms with Crippen LogP contribution in [0.3, 0.4) is 0 Å². The molecular weight excluding hydrogens is 210 g/mol. The maximum atomic E-state index is 11.5. The van der Waals surface area contributed by atoms with Crippen molar-refractivity contribution in [2.75, 3.05) is 6.54 Å². The van der Waals surface area contributed by atoms with E-state index in [1.807, 2.05) is 0 Å². The molecule has 0 bridgehead atoms. The predicted octanol–water partition coefficient (Wildman–Crippen LogP) is 0.380. The molecular formula is C10H13N3O3. The average molecular weight is 223 g/mol. The van der Waals surface area contributed by atoms with Gasteiger partial charge in [-0.3, -0.25) is 9.59 Å². The van der Waals surface area contributed by atoms with E-state index in [2.05, 4.69) is 15.3 Å². The minimum Gasteiger partial charge on any atom is -0.481 e. The summed E-state index contributed by atoms with van der Waals surface area (Å²) in [7, 11) is 0. The molecule has 0 aliphatic carbocycles. The zero-order valence-electron chi connectivity index (χ0n) is 8.93. The van der Waals surface area contributed by atoms with Gasteiger partial charge in [0.1, 0.15) is 5.82 Å². The van der Waals surface area contributed by atoms with Crippen molar-refractivity contribution in [3.05, 3.63) is 23.8 Å². The summed E-state index contributed by atoms with van der Waals surface area (Å²) >= 11 is 0. The Kier molecular flexibility index (Phi) is 4.38. The third-order valence-corrected chi connectivity index (χ3v) is 1.90. The monoisotopic (exact) mass is 223 g/mol. The van der Waals surface area contributed by atoms with Crippen LogP contribution in [0.4, 0.5) is 0 Å². The molecule has 1 amide bonds. The maximum Gasteiger partial charge on any atom is 0.303 e. The van der Waals surface area contributed by atoms with E-state index in [1.165, 1.54) is 12.4 Å². The number of carbonyl (C=O) groups is 2. The first-order chi connectivity index (χ1) is 7.59. The van der Waals surface area contributed by atoms with Crippen molar-refractivity contribution < 1.29 is 14.7 Å². The van der Waals surface area contributed by atoms with Gasteiger partial charge >= 0.3 is 5.97 Å². The molecule has 0 spiro atoms. The molecule has 0 unspecified atom stereocenters. The zero-order valence-corrected chi connectivity index (χ0v) is 8.93. The highest BCUT2D eigenvalue weighted by molar-refractivity contribution is 5.93. The fourth-order valence-electron chi connectivity index (χ4n) is 1.05. The molecule has 86 valence electrons. The fraction of sp³-hybridized carbons (Fsp3) is 0.400. The minimum atomic E-state index is -0.868. The summed E-state index contributed by atoms with van der Waals surface area (Å²) in [5.41, 5.74) is 0.376. The molecule has 0 saturated carbocycles. The number of carboxylic acids is 1. The van der Waals surface area contributed by atoms with E-state index >= 15 is 0 Å². The fourth-order valence-corrected chi connectivity index (χ4v) is 1.05. The van der Waals surface area contributed by atoms with E-state index in [1.54, 1.807) is 6.92 Å². The van der Waals surface area contributed by atoms with Crippen LogP contribution in [-0.2, 0) is 4.79 Å². The van der Waals surface area contributed by atoms with Crippen molar-refractivity contribution in [3.8, 4) is 0 Å². The highest BCUT2D eigenvalue weighted by Crippen LogP contribution is 1.95. The summed E-state index contributed by atoms with van der Waals surface area (Å²) in [5, 5.41) is 11.0. The zero-order chi connectivity index (χ0) is 12.0. The standard InChI is InChI=1S/C10H13N3O3/c1-7-12-5-8(6-13-7)10(16)11-4-2-3-9(14)15/h5-6H,2-4H2,1H3,(H,11,16)(H,14,15). The first kappa shape index (κ1) is 12.1. The molecule has 1 aromatic rings. The number of hydrogen-bond acceptors (Lipinski definition) is 4. The van der Waals surface area contributed by atoms with Crippen LogP contribution in [0.1, 0.15) is 29.0 Å². The topological polar surface area (TPSA) is 92.2 Å². The third kappa shape index (κ3) is 4.04. The molecule has 6 nitrogen and oxygen atoms in total. The van der Waals surface area contributed by atoms with Crippen LogP contribution in [0, 0.1) is 6.92 Å². The van der Waals surface area contributed by atoms with Gasteiger partial charge in [0, 0.05) is 25.4 Å². The first-order valence-corrected chi connectivity index (χ1v) is 4.88. The number of aryl methyl sites for hydroxylation is 1. The number of rotatable bonds is 5. The lowest BCUT2D eigenvalue weighted by molar-refractivity contribution is -0.137. The van der Waals surface area contributed by atoms with Crippen molar-refractivity contribution in [2.24, 2.45) is 0 Å². The van der Waals surface area contributed by atoms with E-state index < -0.39 is 5.97 Å². The number of nitrogens with one attached hydrogen (secondary N) is 1. The smallest absolute Gasteiger partial charge is 0.303 e. The Morgan fingerprint density at radius 1 is 1.38 bits per heavy atom. The second-order valence-corrected chi connectivity index (χ2v) is 3.27. The second-order valence-electron chi connectivity index (χ2n) is 3.27. The Morgan fingerprint density at radius 2 is 2.00 bits per heavy atom. The van der Waals surface area contributed by atoms with Crippen molar-refractivity contribution in [1.29, 1.82) is 0 Å². The number of carbonyl (C=O) groups excluding carboxylic acids is 1. The Hall–Kier alpha value is -1.98. The molecule has 0 fully saturated rings. The Morgan fingerprint density at radius 3 is 2.56 bits per heavy atom. The van der Waals surface area contributed by atoms with Gasteiger partial charge < -0.3 is 10.4 Å². The lowest BCUT2D eigenvalue weighted by Gasteiger charge is -2.03. The average Bonchev–Trinajstić information content (AvgIpc) is 2.25. The molecule has 6 heteroatoms. The minimum absolute atomic E-state index is 0.0463. The van der Waals surface area contributed by atoms with Crippen LogP contribution in [-0.4, -0.2) is 33.5 Å². The lowest BCUT2D eigenvalue weighted by atomic mass is 10.3. The third-order valence-electron chi connectivity index (χ3n) is 1.90. The van der Waals surface area contributed by atoms with Gasteiger partial charge in [0.2, 0.25) is 0 Å². The van der Waals surface area contributed by atoms with Gasteiger partial charge in [0.15, 0.2) is 0 Å². The van der Waals surface area contributed by atoms with Crippen molar-refractivity contribution >= 4 is 11.9 Å². The molecule has 0 radical (unpaired) electrons. The van der Waals surface area contributed by atoms with Crippen LogP contribution in [0.2, 0.25) is 0 Å². The molecule has 1 aromatic heterocycles. The molecule has 1 rings (SSSR count). The van der Waals surface area contributed by atoms with Crippen LogP contribution in [0.15, 0.2) is 12.4 Å². The van der Waals surface area contributed by atoms with Crippen LogP contribution < -0.4 is 5.32 Å². The number of aromatic nitrogens is 2. The van der Waals surface area contributed by atoms with Crippen molar-refractivity contribution in [2.45, 2.75) is 19.8 Å². The number of carboxylic acid groups (broad SMARTS) is 1. The molecule has 1 heterocycles. The number of aliphatic carboxylic acids is 1. The molecule has 0 aliphatic rings. The Bertz CT molecular complexity index is 375. The Balaban J connectivity index is 2.35. The highest BCUT2D eigenvalue weighted by atomic mass is 16.4. The summed E-state index contributed by atoms with van der Waals surface area (Å²) in [6.07, 6.45) is 3.34. The van der Waals surface area contributed by atoms with E-state index in [0.29, 0.717) is 24.4 Å². The van der Waals surface area contributed by atoms with Gasteiger partial charge in [-0.15, -0.1) is 0 Å². The SMILES string of the molecule is Cc1ncc(C(=O)NCCCC(=O)O)cn1.